The summed E-state index contributed by atoms with van der Waals surface area (Å²) < 4.78 is 5.18. The highest BCUT2D eigenvalue weighted by atomic mass is 16.5. The Labute approximate surface area is 109 Å². The molecule has 1 aromatic rings. The molecule has 4 nitrogen and oxygen atoms in total. The van der Waals surface area contributed by atoms with Gasteiger partial charge in [-0.1, -0.05) is 26.0 Å². The van der Waals surface area contributed by atoms with Crippen molar-refractivity contribution in [2.45, 2.75) is 20.4 Å². The van der Waals surface area contributed by atoms with Gasteiger partial charge < -0.3 is 15.4 Å². The molecular formula is C14H22N2O2. The normalized spacial score (nSPS) is 10.5. The fourth-order valence-corrected chi connectivity index (χ4v) is 1.82. The second-order valence-corrected chi connectivity index (χ2v) is 4.72. The van der Waals surface area contributed by atoms with Crippen LogP contribution >= 0.6 is 0 Å². The number of ether oxygens (including phenoxy) is 1. The van der Waals surface area contributed by atoms with Gasteiger partial charge in [-0.15, -0.1) is 0 Å². The van der Waals surface area contributed by atoms with Gasteiger partial charge in [0.25, 0.3) is 0 Å². The monoisotopic (exact) mass is 250 g/mol. The van der Waals surface area contributed by atoms with Crippen LogP contribution in [0.25, 0.3) is 0 Å². The third kappa shape index (κ3) is 4.37. The zero-order valence-electron chi connectivity index (χ0n) is 11.3. The second kappa shape index (κ2) is 7.01. The van der Waals surface area contributed by atoms with E-state index in [2.05, 4.69) is 13.8 Å². The van der Waals surface area contributed by atoms with Gasteiger partial charge in [0, 0.05) is 13.1 Å². The average molecular weight is 250 g/mol. The fourth-order valence-electron chi connectivity index (χ4n) is 1.82. The Morgan fingerprint density at radius 1 is 1.44 bits per heavy atom. The minimum atomic E-state index is -0.0217. The Bertz CT molecular complexity index is 391. The summed E-state index contributed by atoms with van der Waals surface area (Å²) in [7, 11) is 1.63. The van der Waals surface area contributed by atoms with Crippen molar-refractivity contribution in [1.29, 1.82) is 0 Å². The lowest BCUT2D eigenvalue weighted by Crippen LogP contribution is -2.37. The van der Waals surface area contributed by atoms with Crippen LogP contribution in [0, 0.1) is 5.92 Å². The van der Waals surface area contributed by atoms with Gasteiger partial charge in [0.1, 0.15) is 5.75 Å². The lowest BCUT2D eigenvalue weighted by molar-refractivity contribution is -0.130. The molecule has 1 amide bonds. The maximum atomic E-state index is 11.8. The molecule has 2 N–H and O–H groups in total. The van der Waals surface area contributed by atoms with Crippen LogP contribution in [0.1, 0.15) is 19.4 Å². The van der Waals surface area contributed by atoms with Crippen molar-refractivity contribution in [2.24, 2.45) is 11.7 Å². The van der Waals surface area contributed by atoms with Crippen molar-refractivity contribution in [1.82, 2.24) is 4.90 Å². The lowest BCUT2D eigenvalue weighted by Gasteiger charge is -2.24. The number of nitrogens with zero attached hydrogens (tertiary/aromatic N) is 1. The fraction of sp³-hybridized carbons (Fsp3) is 0.500. The number of hydrogen-bond donors (Lipinski definition) is 1. The maximum absolute atomic E-state index is 11.8. The van der Waals surface area contributed by atoms with Crippen molar-refractivity contribution in [3.05, 3.63) is 29.8 Å². The number of nitrogens with two attached hydrogens (primary N) is 1. The highest BCUT2D eigenvalue weighted by molar-refractivity contribution is 5.78. The van der Waals surface area contributed by atoms with Crippen molar-refractivity contribution < 1.29 is 9.53 Å². The molecule has 0 saturated heterocycles. The Morgan fingerprint density at radius 3 is 2.72 bits per heavy atom. The molecule has 0 atom stereocenters. The van der Waals surface area contributed by atoms with Gasteiger partial charge in [-0.3, -0.25) is 4.79 Å². The van der Waals surface area contributed by atoms with E-state index in [1.165, 1.54) is 0 Å². The summed E-state index contributed by atoms with van der Waals surface area (Å²) in [5.74, 6) is 1.20. The van der Waals surface area contributed by atoms with Gasteiger partial charge in [0.15, 0.2) is 0 Å². The van der Waals surface area contributed by atoms with Gasteiger partial charge in [-0.05, 0) is 23.6 Å². The summed E-state index contributed by atoms with van der Waals surface area (Å²) >= 11 is 0. The van der Waals surface area contributed by atoms with E-state index in [1.54, 1.807) is 12.0 Å². The van der Waals surface area contributed by atoms with Crippen LogP contribution in [-0.4, -0.2) is 31.0 Å². The molecule has 0 aromatic heterocycles. The molecule has 0 spiro atoms. The van der Waals surface area contributed by atoms with Crippen LogP contribution in [0.3, 0.4) is 0 Å². The van der Waals surface area contributed by atoms with Crippen LogP contribution in [-0.2, 0) is 11.3 Å². The van der Waals surface area contributed by atoms with Crippen molar-refractivity contribution in [3.63, 3.8) is 0 Å². The van der Waals surface area contributed by atoms with E-state index in [4.69, 9.17) is 10.5 Å². The summed E-state index contributed by atoms with van der Waals surface area (Å²) in [5, 5.41) is 0. The molecule has 0 unspecified atom stereocenters. The Hall–Kier alpha value is -1.55. The lowest BCUT2D eigenvalue weighted by atomic mass is 10.1. The van der Waals surface area contributed by atoms with Crippen molar-refractivity contribution in [3.8, 4) is 5.75 Å². The van der Waals surface area contributed by atoms with E-state index >= 15 is 0 Å². The molecule has 100 valence electrons. The van der Waals surface area contributed by atoms with Crippen LogP contribution in [0.2, 0.25) is 0 Å². The third-order valence-corrected chi connectivity index (χ3v) is 2.62. The van der Waals surface area contributed by atoms with Crippen molar-refractivity contribution >= 4 is 5.91 Å². The number of amides is 1. The van der Waals surface area contributed by atoms with Crippen LogP contribution in [0.4, 0.5) is 0 Å². The smallest absolute Gasteiger partial charge is 0.236 e. The number of methoxy groups -OCH3 is 1. The molecule has 1 aromatic carbocycles. The number of benzene rings is 1. The zero-order valence-corrected chi connectivity index (χ0v) is 11.3. The second-order valence-electron chi connectivity index (χ2n) is 4.72. The molecule has 0 saturated carbocycles. The highest BCUT2D eigenvalue weighted by Gasteiger charge is 2.13. The largest absolute Gasteiger partial charge is 0.497 e. The van der Waals surface area contributed by atoms with E-state index in [-0.39, 0.29) is 12.5 Å². The Balaban J connectivity index is 2.78. The molecule has 18 heavy (non-hydrogen) atoms. The standard InChI is InChI=1S/C14H22N2O2/c1-11(2)9-16(14(17)8-15)10-12-5-4-6-13(7-12)18-3/h4-7,11H,8-10,15H2,1-3H3. The SMILES string of the molecule is COc1cccc(CN(CC(C)C)C(=O)CN)c1. The molecule has 0 heterocycles. The summed E-state index contributed by atoms with van der Waals surface area (Å²) in [4.78, 5) is 13.6. The van der Waals surface area contributed by atoms with Crippen LogP contribution in [0.15, 0.2) is 24.3 Å². The van der Waals surface area contributed by atoms with Gasteiger partial charge in [-0.2, -0.15) is 0 Å². The molecule has 0 aliphatic heterocycles. The Kier molecular flexibility index (Phi) is 5.65. The topological polar surface area (TPSA) is 55.6 Å². The van der Waals surface area contributed by atoms with E-state index in [9.17, 15) is 4.79 Å². The first kappa shape index (κ1) is 14.5. The first-order valence-electron chi connectivity index (χ1n) is 6.17. The highest BCUT2D eigenvalue weighted by Crippen LogP contribution is 2.15. The minimum absolute atomic E-state index is 0.0217. The molecule has 0 aliphatic rings. The Morgan fingerprint density at radius 2 is 2.17 bits per heavy atom. The predicted molar refractivity (Wildman–Crippen MR) is 72.3 cm³/mol. The molecule has 1 rings (SSSR count). The summed E-state index contributed by atoms with van der Waals surface area (Å²) in [6.45, 7) is 5.51. The number of hydrogen-bond acceptors (Lipinski definition) is 3. The van der Waals surface area contributed by atoms with Gasteiger partial charge in [0.2, 0.25) is 5.91 Å². The van der Waals surface area contributed by atoms with Crippen LogP contribution in [0.5, 0.6) is 5.75 Å². The van der Waals surface area contributed by atoms with Gasteiger partial charge >= 0.3 is 0 Å². The number of rotatable bonds is 6. The third-order valence-electron chi connectivity index (χ3n) is 2.62. The minimum Gasteiger partial charge on any atom is -0.497 e. The van der Waals surface area contributed by atoms with Crippen LogP contribution < -0.4 is 10.5 Å². The number of carbonyl (C=O) groups excluding carboxylic acids is 1. The number of carbonyl (C=O) groups is 1. The van der Waals surface area contributed by atoms with Crippen molar-refractivity contribution in [2.75, 3.05) is 20.2 Å². The van der Waals surface area contributed by atoms with Gasteiger partial charge in [0.05, 0.1) is 13.7 Å². The maximum Gasteiger partial charge on any atom is 0.236 e. The molecule has 0 aliphatic carbocycles. The summed E-state index contributed by atoms with van der Waals surface area (Å²) in [6.07, 6.45) is 0. The van der Waals surface area contributed by atoms with E-state index < -0.39 is 0 Å². The molecule has 4 heteroatoms. The predicted octanol–water partition coefficient (Wildman–Crippen LogP) is 1.64. The van der Waals surface area contributed by atoms with Gasteiger partial charge in [-0.25, -0.2) is 0 Å². The molecule has 0 fully saturated rings. The van der Waals surface area contributed by atoms with E-state index in [0.717, 1.165) is 11.3 Å². The summed E-state index contributed by atoms with van der Waals surface area (Å²) in [6, 6.07) is 7.74. The quantitative estimate of drug-likeness (QED) is 0.835. The zero-order chi connectivity index (χ0) is 13.5. The first-order chi connectivity index (χ1) is 8.56. The summed E-state index contributed by atoms with van der Waals surface area (Å²) in [5.41, 5.74) is 6.50. The van der Waals surface area contributed by atoms with E-state index in [0.29, 0.717) is 19.0 Å². The first-order valence-corrected chi connectivity index (χ1v) is 6.17. The molecular weight excluding hydrogens is 228 g/mol. The average Bonchev–Trinajstić information content (AvgIpc) is 2.36. The van der Waals surface area contributed by atoms with E-state index in [1.807, 2.05) is 24.3 Å². The molecule has 0 bridgehead atoms. The molecule has 0 radical (unpaired) electrons.